The maximum Gasteiger partial charge on any atom is 0.304 e. The number of rotatable bonds is 5. The van der Waals surface area contributed by atoms with Crippen LogP contribution in [0.2, 0.25) is 0 Å². The van der Waals surface area contributed by atoms with Crippen molar-refractivity contribution in [2.75, 3.05) is 0 Å². The van der Waals surface area contributed by atoms with E-state index < -0.39 is 23.4 Å². The molecule has 1 aromatic rings. The van der Waals surface area contributed by atoms with Gasteiger partial charge < -0.3 is 5.11 Å². The first-order chi connectivity index (χ1) is 8.45. The fourth-order valence-corrected chi connectivity index (χ4v) is 1.48. The summed E-state index contributed by atoms with van der Waals surface area (Å²) in [7, 11) is 0. The number of carboxylic acids is 1. The van der Waals surface area contributed by atoms with Crippen LogP contribution >= 0.6 is 0 Å². The summed E-state index contributed by atoms with van der Waals surface area (Å²) in [6.07, 6.45) is -0.412. The zero-order valence-electron chi connectivity index (χ0n) is 9.48. The maximum absolute atomic E-state index is 10.8. The van der Waals surface area contributed by atoms with E-state index in [4.69, 9.17) is 10.6 Å². The molecule has 1 aromatic carbocycles. The second-order valence-corrected chi connectivity index (χ2v) is 3.62. The zero-order valence-corrected chi connectivity index (χ0v) is 9.48. The SMILES string of the molecule is Cc1ccc(C(CC(=O)O)N=[N+]=[N-])cc1[N+](=O)[O-]. The third-order valence-electron chi connectivity index (χ3n) is 2.37. The van der Waals surface area contributed by atoms with Gasteiger partial charge in [-0.3, -0.25) is 14.9 Å². The number of hydrogen-bond acceptors (Lipinski definition) is 4. The number of aryl methyl sites for hydroxylation is 1. The molecule has 0 amide bonds. The Balaban J connectivity index is 3.20. The average Bonchev–Trinajstić information content (AvgIpc) is 2.28. The van der Waals surface area contributed by atoms with E-state index in [9.17, 15) is 14.9 Å². The van der Waals surface area contributed by atoms with Gasteiger partial charge in [0.1, 0.15) is 0 Å². The van der Waals surface area contributed by atoms with E-state index in [0.717, 1.165) is 0 Å². The predicted molar refractivity (Wildman–Crippen MR) is 62.0 cm³/mol. The third-order valence-corrected chi connectivity index (χ3v) is 2.37. The van der Waals surface area contributed by atoms with E-state index in [-0.39, 0.29) is 5.69 Å². The molecule has 0 aliphatic carbocycles. The summed E-state index contributed by atoms with van der Waals surface area (Å²) in [5.74, 6) is -1.14. The lowest BCUT2D eigenvalue weighted by Crippen LogP contribution is -2.04. The summed E-state index contributed by atoms with van der Waals surface area (Å²) in [6.45, 7) is 1.57. The number of hydrogen-bond donors (Lipinski definition) is 1. The van der Waals surface area contributed by atoms with Crippen molar-refractivity contribution in [3.8, 4) is 0 Å². The van der Waals surface area contributed by atoms with Crippen molar-refractivity contribution >= 4 is 11.7 Å². The topological polar surface area (TPSA) is 129 Å². The number of nitrogens with zero attached hydrogens (tertiary/aromatic N) is 4. The second-order valence-electron chi connectivity index (χ2n) is 3.62. The lowest BCUT2D eigenvalue weighted by Gasteiger charge is -2.09. The minimum atomic E-state index is -1.14. The first kappa shape index (κ1) is 13.5. The van der Waals surface area contributed by atoms with Crippen LogP contribution in [0, 0.1) is 17.0 Å². The van der Waals surface area contributed by atoms with Gasteiger partial charge in [-0.2, -0.15) is 0 Å². The molecule has 0 saturated carbocycles. The largest absolute Gasteiger partial charge is 0.481 e. The Morgan fingerprint density at radius 1 is 1.67 bits per heavy atom. The molecular formula is C10H10N4O4. The van der Waals surface area contributed by atoms with Crippen molar-refractivity contribution in [2.45, 2.75) is 19.4 Å². The van der Waals surface area contributed by atoms with Gasteiger partial charge in [0.05, 0.1) is 17.4 Å². The van der Waals surface area contributed by atoms with Crippen molar-refractivity contribution in [1.29, 1.82) is 0 Å². The number of benzene rings is 1. The molecule has 18 heavy (non-hydrogen) atoms. The summed E-state index contributed by atoms with van der Waals surface area (Å²) >= 11 is 0. The number of carbonyl (C=O) groups is 1. The van der Waals surface area contributed by atoms with Crippen LogP contribution in [0.3, 0.4) is 0 Å². The minimum Gasteiger partial charge on any atom is -0.481 e. The molecule has 1 atom stereocenters. The highest BCUT2D eigenvalue weighted by Crippen LogP contribution is 2.27. The van der Waals surface area contributed by atoms with Crippen LogP contribution < -0.4 is 0 Å². The van der Waals surface area contributed by atoms with Crippen LogP contribution in [0.15, 0.2) is 23.3 Å². The number of azide groups is 1. The molecule has 0 saturated heterocycles. The molecule has 1 rings (SSSR count). The fraction of sp³-hybridized carbons (Fsp3) is 0.300. The maximum atomic E-state index is 10.8. The Hall–Kier alpha value is -2.60. The standard InChI is InChI=1S/C10H10N4O4/c1-6-2-3-7(4-9(6)14(17)18)8(12-13-11)5-10(15)16/h2-4,8H,5H2,1H3,(H,15,16). The Morgan fingerprint density at radius 3 is 2.83 bits per heavy atom. The molecule has 94 valence electrons. The molecule has 8 heteroatoms. The highest BCUT2D eigenvalue weighted by atomic mass is 16.6. The molecule has 0 heterocycles. The molecule has 8 nitrogen and oxygen atoms in total. The third kappa shape index (κ3) is 3.19. The van der Waals surface area contributed by atoms with Gasteiger partial charge in [0, 0.05) is 16.5 Å². The molecule has 0 aliphatic rings. The van der Waals surface area contributed by atoms with Gasteiger partial charge in [0.15, 0.2) is 0 Å². The zero-order chi connectivity index (χ0) is 13.7. The molecule has 0 aliphatic heterocycles. The smallest absolute Gasteiger partial charge is 0.304 e. The molecule has 0 spiro atoms. The normalized spacial score (nSPS) is 11.4. The summed E-state index contributed by atoms with van der Waals surface area (Å²) in [6, 6.07) is 3.30. The lowest BCUT2D eigenvalue weighted by atomic mass is 10.0. The molecular weight excluding hydrogens is 240 g/mol. The summed E-state index contributed by atoms with van der Waals surface area (Å²) in [4.78, 5) is 23.4. The van der Waals surface area contributed by atoms with Crippen LogP contribution in [0.1, 0.15) is 23.6 Å². The van der Waals surface area contributed by atoms with E-state index in [0.29, 0.717) is 11.1 Å². The molecule has 1 N–H and O–H groups in total. The van der Waals surface area contributed by atoms with E-state index in [1.807, 2.05) is 0 Å². The van der Waals surface area contributed by atoms with Gasteiger partial charge in [0.25, 0.3) is 5.69 Å². The number of carboxylic acid groups (broad SMARTS) is 1. The van der Waals surface area contributed by atoms with Gasteiger partial charge >= 0.3 is 5.97 Å². The number of aliphatic carboxylic acids is 1. The average molecular weight is 250 g/mol. The minimum absolute atomic E-state index is 0.129. The van der Waals surface area contributed by atoms with Crippen LogP contribution in [-0.2, 0) is 4.79 Å². The van der Waals surface area contributed by atoms with Crippen LogP contribution in [-0.4, -0.2) is 16.0 Å². The highest BCUT2D eigenvalue weighted by Gasteiger charge is 2.18. The highest BCUT2D eigenvalue weighted by molar-refractivity contribution is 5.68. The summed E-state index contributed by atoms with van der Waals surface area (Å²) in [5, 5.41) is 22.8. The van der Waals surface area contributed by atoms with Crippen LogP contribution in [0.5, 0.6) is 0 Å². The Bertz CT molecular complexity index is 537. The van der Waals surface area contributed by atoms with E-state index in [1.54, 1.807) is 6.92 Å². The summed E-state index contributed by atoms with van der Waals surface area (Å²) < 4.78 is 0. The lowest BCUT2D eigenvalue weighted by molar-refractivity contribution is -0.385. The monoisotopic (exact) mass is 250 g/mol. The van der Waals surface area contributed by atoms with Crippen molar-refractivity contribution in [1.82, 2.24) is 0 Å². The fourth-order valence-electron chi connectivity index (χ4n) is 1.48. The quantitative estimate of drug-likeness (QED) is 0.283. The van der Waals surface area contributed by atoms with Gasteiger partial charge in [-0.15, -0.1) is 0 Å². The van der Waals surface area contributed by atoms with Crippen LogP contribution in [0.25, 0.3) is 10.4 Å². The van der Waals surface area contributed by atoms with Gasteiger partial charge in [-0.25, -0.2) is 0 Å². The molecule has 0 bridgehead atoms. The van der Waals surface area contributed by atoms with Crippen molar-refractivity contribution < 1.29 is 14.8 Å². The van der Waals surface area contributed by atoms with Crippen molar-refractivity contribution in [3.63, 3.8) is 0 Å². The van der Waals surface area contributed by atoms with Gasteiger partial charge in [-0.05, 0) is 18.0 Å². The molecule has 1 unspecified atom stereocenters. The first-order valence-corrected chi connectivity index (χ1v) is 4.96. The predicted octanol–water partition coefficient (Wildman–Crippen LogP) is 2.73. The van der Waals surface area contributed by atoms with E-state index >= 15 is 0 Å². The number of nitro groups is 1. The first-order valence-electron chi connectivity index (χ1n) is 4.96. The van der Waals surface area contributed by atoms with Gasteiger partial charge in [0.2, 0.25) is 0 Å². The van der Waals surface area contributed by atoms with Crippen molar-refractivity contribution in [3.05, 3.63) is 49.9 Å². The second kappa shape index (κ2) is 5.65. The summed E-state index contributed by atoms with van der Waals surface area (Å²) in [5.41, 5.74) is 9.02. The van der Waals surface area contributed by atoms with E-state index in [2.05, 4.69) is 10.0 Å². The Morgan fingerprint density at radius 2 is 2.33 bits per heavy atom. The van der Waals surface area contributed by atoms with Crippen LogP contribution in [0.4, 0.5) is 5.69 Å². The van der Waals surface area contributed by atoms with E-state index in [1.165, 1.54) is 18.2 Å². The number of nitro benzene ring substituents is 1. The van der Waals surface area contributed by atoms with Gasteiger partial charge in [-0.1, -0.05) is 17.2 Å². The Kier molecular flexibility index (Phi) is 4.22. The van der Waals surface area contributed by atoms with Crippen molar-refractivity contribution in [2.24, 2.45) is 5.11 Å². The molecule has 0 radical (unpaired) electrons. The molecule has 0 aromatic heterocycles. The Labute approximate surface area is 102 Å². The molecule has 0 fully saturated rings.